The van der Waals surface area contributed by atoms with Crippen LogP contribution < -0.4 is 5.32 Å². The van der Waals surface area contributed by atoms with Gasteiger partial charge in [0.25, 0.3) is 0 Å². The van der Waals surface area contributed by atoms with Crippen LogP contribution in [0, 0.1) is 6.92 Å². The van der Waals surface area contributed by atoms with Crippen LogP contribution >= 0.6 is 27.7 Å². The van der Waals surface area contributed by atoms with Gasteiger partial charge in [0.15, 0.2) is 0 Å². The van der Waals surface area contributed by atoms with Gasteiger partial charge in [-0.1, -0.05) is 58.6 Å². The number of amides is 2. The van der Waals surface area contributed by atoms with Gasteiger partial charge in [-0.05, 0) is 56.5 Å². The van der Waals surface area contributed by atoms with Crippen LogP contribution in [0.5, 0.6) is 0 Å². The molecule has 4 nitrogen and oxygen atoms in total. The van der Waals surface area contributed by atoms with Crippen LogP contribution in [0.25, 0.3) is 0 Å². The number of benzene rings is 2. The van der Waals surface area contributed by atoms with E-state index in [1.54, 1.807) is 4.90 Å². The lowest BCUT2D eigenvalue weighted by atomic mass is 10.1. The molecule has 0 saturated heterocycles. The molecule has 1 saturated carbocycles. The highest BCUT2D eigenvalue weighted by Gasteiger charge is 2.28. The predicted molar refractivity (Wildman–Crippen MR) is 126 cm³/mol. The van der Waals surface area contributed by atoms with Crippen molar-refractivity contribution in [2.75, 3.05) is 5.75 Å². The maximum Gasteiger partial charge on any atom is 0.242 e. The maximum absolute atomic E-state index is 13.2. The Morgan fingerprint density at radius 2 is 1.73 bits per heavy atom. The highest BCUT2D eigenvalue weighted by Crippen LogP contribution is 2.22. The molecule has 1 atom stereocenters. The number of carbonyl (C=O) groups is 2. The number of halogens is 1. The Morgan fingerprint density at radius 3 is 2.37 bits per heavy atom. The first-order chi connectivity index (χ1) is 14.4. The van der Waals surface area contributed by atoms with Gasteiger partial charge < -0.3 is 10.2 Å². The Hall–Kier alpha value is -1.79. The van der Waals surface area contributed by atoms with Gasteiger partial charge in [-0.3, -0.25) is 9.59 Å². The van der Waals surface area contributed by atoms with Crippen LogP contribution in [0.3, 0.4) is 0 Å². The Labute approximate surface area is 191 Å². The SMILES string of the molecule is Cc1ccc(SCC(=O)N(Cc2ccc(Br)cc2)C(C)C(=O)NC2CCCC2)cc1. The molecule has 2 aromatic carbocycles. The first-order valence-corrected chi connectivity index (χ1v) is 12.2. The number of hydrogen-bond donors (Lipinski definition) is 1. The largest absolute Gasteiger partial charge is 0.352 e. The quantitative estimate of drug-likeness (QED) is 0.511. The Balaban J connectivity index is 1.69. The first-order valence-electron chi connectivity index (χ1n) is 10.5. The van der Waals surface area contributed by atoms with E-state index in [9.17, 15) is 9.59 Å². The van der Waals surface area contributed by atoms with Gasteiger partial charge in [-0.15, -0.1) is 11.8 Å². The summed E-state index contributed by atoms with van der Waals surface area (Å²) in [4.78, 5) is 28.8. The second-order valence-corrected chi connectivity index (χ2v) is 9.88. The van der Waals surface area contributed by atoms with Gasteiger partial charge in [-0.2, -0.15) is 0 Å². The molecule has 1 unspecified atom stereocenters. The molecule has 0 bridgehead atoms. The van der Waals surface area contributed by atoms with E-state index in [1.807, 2.05) is 62.4 Å². The number of nitrogens with zero attached hydrogens (tertiary/aromatic N) is 1. The normalized spacial score (nSPS) is 15.0. The number of aryl methyl sites for hydroxylation is 1. The summed E-state index contributed by atoms with van der Waals surface area (Å²) in [6, 6.07) is 15.8. The Bertz CT molecular complexity index is 849. The minimum atomic E-state index is -0.514. The zero-order valence-corrected chi connectivity index (χ0v) is 20.0. The number of carbonyl (C=O) groups excluding carboxylic acids is 2. The number of hydrogen-bond acceptors (Lipinski definition) is 3. The van der Waals surface area contributed by atoms with Crippen molar-refractivity contribution in [3.8, 4) is 0 Å². The standard InChI is InChI=1S/C24H29BrN2O2S/c1-17-7-13-22(14-8-17)30-16-23(28)27(15-19-9-11-20(25)12-10-19)18(2)24(29)26-21-5-3-4-6-21/h7-14,18,21H,3-6,15-16H2,1-2H3,(H,26,29). The summed E-state index contributed by atoms with van der Waals surface area (Å²) in [6.45, 7) is 4.29. The number of rotatable bonds is 8. The minimum Gasteiger partial charge on any atom is -0.352 e. The topological polar surface area (TPSA) is 49.4 Å². The van der Waals surface area contributed by atoms with E-state index in [1.165, 1.54) is 17.3 Å². The molecule has 0 aliphatic heterocycles. The van der Waals surface area contributed by atoms with E-state index in [-0.39, 0.29) is 17.9 Å². The zero-order chi connectivity index (χ0) is 21.5. The molecule has 3 rings (SSSR count). The van der Waals surface area contributed by atoms with Crippen molar-refractivity contribution in [2.45, 2.75) is 63.1 Å². The lowest BCUT2D eigenvalue weighted by molar-refractivity contribution is -0.138. The third-order valence-electron chi connectivity index (χ3n) is 5.52. The van der Waals surface area contributed by atoms with Crippen LogP contribution in [-0.4, -0.2) is 34.6 Å². The van der Waals surface area contributed by atoms with E-state index < -0.39 is 6.04 Å². The van der Waals surface area contributed by atoms with Crippen molar-refractivity contribution < 1.29 is 9.59 Å². The molecule has 1 aliphatic carbocycles. The molecule has 30 heavy (non-hydrogen) atoms. The average Bonchev–Trinajstić information content (AvgIpc) is 3.25. The molecule has 1 fully saturated rings. The summed E-state index contributed by atoms with van der Waals surface area (Å²) in [7, 11) is 0. The lowest BCUT2D eigenvalue weighted by Crippen LogP contribution is -2.50. The van der Waals surface area contributed by atoms with E-state index in [0.717, 1.165) is 40.6 Å². The second-order valence-electron chi connectivity index (χ2n) is 7.92. The van der Waals surface area contributed by atoms with Gasteiger partial charge in [0, 0.05) is 22.0 Å². The smallest absolute Gasteiger partial charge is 0.242 e. The van der Waals surface area contributed by atoms with Gasteiger partial charge in [0.1, 0.15) is 6.04 Å². The molecule has 0 radical (unpaired) electrons. The molecule has 160 valence electrons. The number of nitrogens with one attached hydrogen (secondary N) is 1. The first kappa shape index (κ1) is 22.9. The third kappa shape index (κ3) is 6.61. The molecular weight excluding hydrogens is 460 g/mol. The summed E-state index contributed by atoms with van der Waals surface area (Å²) in [5, 5.41) is 3.14. The molecule has 2 aromatic rings. The zero-order valence-electron chi connectivity index (χ0n) is 17.6. The molecule has 1 N–H and O–H groups in total. The summed E-state index contributed by atoms with van der Waals surface area (Å²) in [5.74, 6) is 0.214. The molecule has 0 heterocycles. The minimum absolute atomic E-state index is 0.0300. The lowest BCUT2D eigenvalue weighted by Gasteiger charge is -2.29. The van der Waals surface area contributed by atoms with E-state index in [2.05, 4.69) is 21.2 Å². The van der Waals surface area contributed by atoms with Crippen LogP contribution in [0.2, 0.25) is 0 Å². The fourth-order valence-electron chi connectivity index (χ4n) is 3.62. The van der Waals surface area contributed by atoms with Crippen LogP contribution in [0.1, 0.15) is 43.7 Å². The van der Waals surface area contributed by atoms with Crippen molar-refractivity contribution in [3.05, 3.63) is 64.1 Å². The van der Waals surface area contributed by atoms with Crippen molar-refractivity contribution >= 4 is 39.5 Å². The van der Waals surface area contributed by atoms with Crippen molar-refractivity contribution in [2.24, 2.45) is 0 Å². The van der Waals surface area contributed by atoms with Crippen LogP contribution in [-0.2, 0) is 16.1 Å². The highest BCUT2D eigenvalue weighted by atomic mass is 79.9. The summed E-state index contributed by atoms with van der Waals surface area (Å²) >= 11 is 4.96. The molecule has 1 aliphatic rings. The van der Waals surface area contributed by atoms with Crippen molar-refractivity contribution in [3.63, 3.8) is 0 Å². The van der Waals surface area contributed by atoms with Crippen molar-refractivity contribution in [1.29, 1.82) is 0 Å². The fourth-order valence-corrected chi connectivity index (χ4v) is 4.67. The second kappa shape index (κ2) is 11.0. The average molecular weight is 489 g/mol. The van der Waals surface area contributed by atoms with Gasteiger partial charge in [0.05, 0.1) is 5.75 Å². The van der Waals surface area contributed by atoms with E-state index >= 15 is 0 Å². The molecular formula is C24H29BrN2O2S. The summed E-state index contributed by atoms with van der Waals surface area (Å²) in [6.07, 6.45) is 4.38. The summed E-state index contributed by atoms with van der Waals surface area (Å²) < 4.78 is 0.992. The Morgan fingerprint density at radius 1 is 1.10 bits per heavy atom. The highest BCUT2D eigenvalue weighted by molar-refractivity contribution is 9.10. The van der Waals surface area contributed by atoms with Gasteiger partial charge >= 0.3 is 0 Å². The number of thioether (sulfide) groups is 1. The molecule has 0 aromatic heterocycles. The van der Waals surface area contributed by atoms with Crippen molar-refractivity contribution in [1.82, 2.24) is 10.2 Å². The van der Waals surface area contributed by atoms with E-state index in [4.69, 9.17) is 0 Å². The molecule has 6 heteroatoms. The third-order valence-corrected chi connectivity index (χ3v) is 7.04. The van der Waals surface area contributed by atoms with Gasteiger partial charge in [-0.25, -0.2) is 0 Å². The van der Waals surface area contributed by atoms with E-state index in [0.29, 0.717) is 12.3 Å². The van der Waals surface area contributed by atoms with Gasteiger partial charge in [0.2, 0.25) is 11.8 Å². The van der Waals surface area contributed by atoms with Crippen LogP contribution in [0.4, 0.5) is 0 Å². The maximum atomic E-state index is 13.2. The Kier molecular flexibility index (Phi) is 8.40. The summed E-state index contributed by atoms with van der Waals surface area (Å²) in [5.41, 5.74) is 2.20. The molecule has 0 spiro atoms. The predicted octanol–water partition coefficient (Wildman–Crippen LogP) is 5.33. The molecule has 2 amide bonds. The monoisotopic (exact) mass is 488 g/mol. The van der Waals surface area contributed by atoms with Crippen LogP contribution in [0.15, 0.2) is 57.9 Å². The fraction of sp³-hybridized carbons (Fsp3) is 0.417.